The molecule has 2 amide bonds. The number of aliphatic carboxylic acids is 1. The number of nitrogens with one attached hydrogen (secondary N) is 3. The van der Waals surface area contributed by atoms with E-state index in [4.69, 9.17) is 17.4 Å². The van der Waals surface area contributed by atoms with E-state index in [-0.39, 0.29) is 16.6 Å². The first-order chi connectivity index (χ1) is 17.8. The fraction of sp³-hybridized carbons (Fsp3) is 0.333. The van der Waals surface area contributed by atoms with Crippen molar-refractivity contribution >= 4 is 56.9 Å². The molecule has 0 radical (unpaired) electrons. The monoisotopic (exact) mass is 577 g/mol. The van der Waals surface area contributed by atoms with Crippen LogP contribution in [0.5, 0.6) is 0 Å². The Bertz CT molecular complexity index is 1370. The highest BCUT2D eigenvalue weighted by atomic mass is 32.2. The van der Waals surface area contributed by atoms with E-state index < -0.39 is 56.1 Å². The van der Waals surface area contributed by atoms with E-state index in [9.17, 15) is 27.9 Å². The SMILES string of the molecule is CC1(C)S[C@@H]2[C@H](NC(=O)[C@H](NC(=S)NCc3ccc(S(N)(=O)=O)cc3)c3ccccc3)C(=O)N2[C@H]1C(=O)O. The number of β-lactam (4-membered cyclic amide) rings is 1. The largest absolute Gasteiger partial charge is 0.480 e. The van der Waals surface area contributed by atoms with Crippen LogP contribution in [-0.2, 0) is 31.0 Å². The van der Waals surface area contributed by atoms with Gasteiger partial charge in [-0.25, -0.2) is 18.4 Å². The lowest BCUT2D eigenvalue weighted by molar-refractivity contribution is -0.161. The van der Waals surface area contributed by atoms with Crippen molar-refractivity contribution in [3.05, 3.63) is 65.7 Å². The van der Waals surface area contributed by atoms with Gasteiger partial charge in [-0.2, -0.15) is 0 Å². The lowest BCUT2D eigenvalue weighted by Gasteiger charge is -2.44. The number of thioether (sulfide) groups is 1. The molecule has 0 unspecified atom stereocenters. The van der Waals surface area contributed by atoms with Gasteiger partial charge in [-0.1, -0.05) is 42.5 Å². The molecule has 0 spiro atoms. The number of nitrogens with zero attached hydrogens (tertiary/aromatic N) is 1. The molecule has 14 heteroatoms. The van der Waals surface area contributed by atoms with Gasteiger partial charge in [-0.15, -0.1) is 11.8 Å². The van der Waals surface area contributed by atoms with Gasteiger partial charge in [0.25, 0.3) is 0 Å². The standard InChI is InChI=1S/C24H27N5O6S3/c1-24(2)18(22(32)33)29-20(31)17(21(29)37-24)27-19(30)16(14-6-4-3-5-7-14)28-23(36)26-12-13-8-10-15(11-9-13)38(25,34)35/h3-11,16-18,21H,12H2,1-2H3,(H,27,30)(H,32,33)(H2,25,34,35)(H2,26,28,36)/t16-,17-,18+,21-/m1/s1. The second-order valence-electron chi connectivity index (χ2n) is 9.44. The van der Waals surface area contributed by atoms with Gasteiger partial charge < -0.3 is 26.0 Å². The van der Waals surface area contributed by atoms with Crippen LogP contribution in [0.4, 0.5) is 0 Å². The van der Waals surface area contributed by atoms with Crippen LogP contribution >= 0.6 is 24.0 Å². The third-order valence-corrected chi connectivity index (χ3v) is 9.11. The minimum atomic E-state index is -3.80. The third kappa shape index (κ3) is 5.62. The topological polar surface area (TPSA) is 171 Å². The maximum absolute atomic E-state index is 13.4. The molecule has 2 aliphatic rings. The Morgan fingerprint density at radius 2 is 1.79 bits per heavy atom. The zero-order chi connectivity index (χ0) is 27.8. The normalized spacial score (nSPS) is 22.6. The number of amides is 2. The number of carboxylic acids is 1. The van der Waals surface area contributed by atoms with Crippen molar-refractivity contribution in [2.45, 2.75) is 53.5 Å². The number of primary sulfonamides is 1. The third-order valence-electron chi connectivity index (χ3n) is 6.35. The minimum Gasteiger partial charge on any atom is -0.480 e. The smallest absolute Gasteiger partial charge is 0.327 e. The number of carboxylic acid groups (broad SMARTS) is 1. The van der Waals surface area contributed by atoms with Gasteiger partial charge >= 0.3 is 5.97 Å². The number of hydrogen-bond acceptors (Lipinski definition) is 7. The molecule has 4 atom stereocenters. The summed E-state index contributed by atoms with van der Waals surface area (Å²) in [6.45, 7) is 3.78. The summed E-state index contributed by atoms with van der Waals surface area (Å²) in [5, 5.41) is 23.1. The molecule has 2 fully saturated rings. The van der Waals surface area contributed by atoms with E-state index in [1.807, 2.05) is 0 Å². The summed E-state index contributed by atoms with van der Waals surface area (Å²) < 4.78 is 22.2. The molecule has 202 valence electrons. The van der Waals surface area contributed by atoms with E-state index in [1.54, 1.807) is 56.3 Å². The van der Waals surface area contributed by atoms with Gasteiger partial charge in [0.2, 0.25) is 21.8 Å². The van der Waals surface area contributed by atoms with Gasteiger partial charge in [0.1, 0.15) is 23.5 Å². The number of thiocarbonyl (C=S) groups is 1. The Hall–Kier alpha value is -3.20. The average Bonchev–Trinajstić information content (AvgIpc) is 3.12. The summed E-state index contributed by atoms with van der Waals surface area (Å²) in [7, 11) is -3.80. The number of hydrogen-bond donors (Lipinski definition) is 5. The predicted molar refractivity (Wildman–Crippen MR) is 145 cm³/mol. The molecule has 2 aromatic rings. The molecule has 38 heavy (non-hydrogen) atoms. The van der Waals surface area contributed by atoms with E-state index in [0.29, 0.717) is 5.56 Å². The van der Waals surface area contributed by atoms with Crippen LogP contribution < -0.4 is 21.1 Å². The number of nitrogens with two attached hydrogens (primary N) is 1. The van der Waals surface area contributed by atoms with Crippen LogP contribution in [0.25, 0.3) is 0 Å². The number of carbonyl (C=O) groups excluding carboxylic acids is 2. The Morgan fingerprint density at radius 1 is 1.16 bits per heavy atom. The molecule has 2 heterocycles. The van der Waals surface area contributed by atoms with Crippen LogP contribution in [0.2, 0.25) is 0 Å². The quantitative estimate of drug-likeness (QED) is 0.222. The van der Waals surface area contributed by atoms with Gasteiger partial charge in [-0.3, -0.25) is 9.59 Å². The van der Waals surface area contributed by atoms with Gasteiger partial charge in [0.15, 0.2) is 5.11 Å². The van der Waals surface area contributed by atoms with Crippen molar-refractivity contribution in [3.63, 3.8) is 0 Å². The van der Waals surface area contributed by atoms with Crippen LogP contribution in [0.1, 0.15) is 31.0 Å². The first-order valence-corrected chi connectivity index (χ1v) is 14.4. The molecular formula is C24H27N5O6S3. The molecular weight excluding hydrogens is 550 g/mol. The number of benzene rings is 2. The van der Waals surface area contributed by atoms with Crippen LogP contribution in [0.15, 0.2) is 59.5 Å². The number of rotatable bonds is 8. The summed E-state index contributed by atoms with van der Waals surface area (Å²) in [4.78, 5) is 39.3. The Balaban J connectivity index is 1.43. The molecule has 0 saturated carbocycles. The van der Waals surface area contributed by atoms with E-state index >= 15 is 0 Å². The number of sulfonamides is 1. The van der Waals surface area contributed by atoms with Crippen molar-refractivity contribution in [1.29, 1.82) is 0 Å². The van der Waals surface area contributed by atoms with Crippen molar-refractivity contribution in [1.82, 2.24) is 20.9 Å². The maximum Gasteiger partial charge on any atom is 0.327 e. The molecule has 2 aromatic carbocycles. The highest BCUT2D eigenvalue weighted by molar-refractivity contribution is 8.01. The van der Waals surface area contributed by atoms with E-state index in [0.717, 1.165) is 5.56 Å². The van der Waals surface area contributed by atoms with Crippen molar-refractivity contribution < 1.29 is 27.9 Å². The van der Waals surface area contributed by atoms with Crippen molar-refractivity contribution in [2.75, 3.05) is 0 Å². The summed E-state index contributed by atoms with van der Waals surface area (Å²) in [6, 6.07) is 12.0. The Kier molecular flexibility index (Phi) is 7.70. The van der Waals surface area contributed by atoms with Gasteiger partial charge in [0.05, 0.1) is 4.90 Å². The first kappa shape index (κ1) is 27.8. The lowest BCUT2D eigenvalue weighted by atomic mass is 9.95. The highest BCUT2D eigenvalue weighted by Crippen LogP contribution is 2.50. The molecule has 0 bridgehead atoms. The minimum absolute atomic E-state index is 0.00893. The molecule has 4 rings (SSSR count). The van der Waals surface area contributed by atoms with Gasteiger partial charge in [0, 0.05) is 11.3 Å². The molecule has 0 aliphatic carbocycles. The number of fused-ring (bicyclic) bond motifs is 1. The fourth-order valence-electron chi connectivity index (χ4n) is 4.49. The first-order valence-electron chi connectivity index (χ1n) is 11.5. The molecule has 6 N–H and O–H groups in total. The zero-order valence-electron chi connectivity index (χ0n) is 20.5. The van der Waals surface area contributed by atoms with Crippen molar-refractivity contribution in [2.24, 2.45) is 5.14 Å². The van der Waals surface area contributed by atoms with Crippen LogP contribution in [0.3, 0.4) is 0 Å². The predicted octanol–water partition coefficient (Wildman–Crippen LogP) is 0.671. The zero-order valence-corrected chi connectivity index (χ0v) is 22.9. The van der Waals surface area contributed by atoms with E-state index in [1.165, 1.54) is 28.8 Å². The lowest BCUT2D eigenvalue weighted by Crippen LogP contribution is -2.71. The summed E-state index contributed by atoms with van der Waals surface area (Å²) in [6.07, 6.45) is 0. The summed E-state index contributed by atoms with van der Waals surface area (Å²) in [5.41, 5.74) is 1.34. The molecule has 2 saturated heterocycles. The van der Waals surface area contributed by atoms with Crippen LogP contribution in [0, 0.1) is 0 Å². The summed E-state index contributed by atoms with van der Waals surface area (Å²) in [5.74, 6) is -2.01. The van der Waals surface area contributed by atoms with Gasteiger partial charge in [-0.05, 0) is 49.3 Å². The highest BCUT2D eigenvalue weighted by Gasteiger charge is 2.64. The second-order valence-corrected chi connectivity index (χ2v) is 13.2. The summed E-state index contributed by atoms with van der Waals surface area (Å²) >= 11 is 6.74. The van der Waals surface area contributed by atoms with Crippen LogP contribution in [-0.4, -0.2) is 63.5 Å². The molecule has 2 aliphatic heterocycles. The fourth-order valence-corrected chi connectivity index (χ4v) is 6.82. The molecule has 11 nitrogen and oxygen atoms in total. The van der Waals surface area contributed by atoms with E-state index in [2.05, 4.69) is 16.0 Å². The molecule has 0 aromatic heterocycles. The second kappa shape index (κ2) is 10.5. The van der Waals surface area contributed by atoms with Crippen molar-refractivity contribution in [3.8, 4) is 0 Å². The maximum atomic E-state index is 13.4. The Morgan fingerprint density at radius 3 is 2.37 bits per heavy atom. The average molecular weight is 578 g/mol. The Labute approximate surface area is 229 Å². The number of carbonyl (C=O) groups is 3.